The Bertz CT molecular complexity index is 729. The van der Waals surface area contributed by atoms with Gasteiger partial charge in [-0.3, -0.25) is 4.79 Å². The summed E-state index contributed by atoms with van der Waals surface area (Å²) in [6.07, 6.45) is 0. The molecular formula is C17H18N2OS2. The molecule has 0 aliphatic rings. The minimum atomic E-state index is 0.00426. The van der Waals surface area contributed by atoms with Crippen LogP contribution in [0.15, 0.2) is 47.8 Å². The van der Waals surface area contributed by atoms with Crippen molar-refractivity contribution in [2.24, 2.45) is 0 Å². The van der Waals surface area contributed by atoms with Crippen molar-refractivity contribution in [1.82, 2.24) is 10.2 Å². The van der Waals surface area contributed by atoms with Crippen LogP contribution in [0.2, 0.25) is 0 Å². The summed E-state index contributed by atoms with van der Waals surface area (Å²) in [7, 11) is 4.08. The quantitative estimate of drug-likeness (QED) is 0.767. The molecule has 0 fully saturated rings. The molecule has 2 heterocycles. The molecule has 1 atom stereocenters. The van der Waals surface area contributed by atoms with Gasteiger partial charge in [0.05, 0.1) is 10.9 Å². The Morgan fingerprint density at radius 2 is 2.05 bits per heavy atom. The Hall–Kier alpha value is -1.69. The highest BCUT2D eigenvalue weighted by atomic mass is 32.1. The maximum atomic E-state index is 12.4. The number of hydrogen-bond donors (Lipinski definition) is 1. The molecule has 3 aromatic rings. The van der Waals surface area contributed by atoms with Crippen LogP contribution in [0.4, 0.5) is 0 Å². The fraction of sp³-hybridized carbons (Fsp3) is 0.235. The van der Waals surface area contributed by atoms with Crippen LogP contribution in [-0.4, -0.2) is 31.4 Å². The SMILES string of the molecule is CN(C)C(CNC(=O)c1cc2ccccc2s1)c1cccs1. The second-order valence-electron chi connectivity index (χ2n) is 5.35. The molecule has 0 aliphatic carbocycles. The average Bonchev–Trinajstić information content (AvgIpc) is 3.16. The molecule has 114 valence electrons. The lowest BCUT2D eigenvalue weighted by Crippen LogP contribution is -2.33. The number of benzene rings is 1. The zero-order valence-corrected chi connectivity index (χ0v) is 14.2. The van der Waals surface area contributed by atoms with Crippen LogP contribution >= 0.6 is 22.7 Å². The van der Waals surface area contributed by atoms with Crippen LogP contribution in [0.25, 0.3) is 10.1 Å². The van der Waals surface area contributed by atoms with E-state index in [1.54, 1.807) is 11.3 Å². The van der Waals surface area contributed by atoms with Gasteiger partial charge < -0.3 is 10.2 Å². The molecular weight excluding hydrogens is 312 g/mol. The number of nitrogens with zero attached hydrogens (tertiary/aromatic N) is 1. The predicted octanol–water partition coefficient (Wildman–Crippen LogP) is 4.00. The molecule has 1 unspecified atom stereocenters. The van der Waals surface area contributed by atoms with Crippen molar-refractivity contribution >= 4 is 38.7 Å². The molecule has 0 bridgehead atoms. The van der Waals surface area contributed by atoms with Gasteiger partial charge in [-0.15, -0.1) is 22.7 Å². The molecule has 1 N–H and O–H groups in total. The summed E-state index contributed by atoms with van der Waals surface area (Å²) in [5.41, 5.74) is 0. The number of likely N-dealkylation sites (N-methyl/N-ethyl adjacent to an activating group) is 1. The van der Waals surface area contributed by atoms with E-state index in [0.717, 1.165) is 15.0 Å². The Morgan fingerprint density at radius 3 is 2.73 bits per heavy atom. The first kappa shape index (κ1) is 15.2. The Kier molecular flexibility index (Phi) is 4.57. The lowest BCUT2D eigenvalue weighted by molar-refractivity contribution is 0.0946. The topological polar surface area (TPSA) is 32.3 Å². The molecule has 2 aromatic heterocycles. The highest BCUT2D eigenvalue weighted by Gasteiger charge is 2.17. The van der Waals surface area contributed by atoms with Gasteiger partial charge in [-0.05, 0) is 43.1 Å². The normalized spacial score (nSPS) is 12.7. The lowest BCUT2D eigenvalue weighted by atomic mass is 10.2. The average molecular weight is 330 g/mol. The summed E-state index contributed by atoms with van der Waals surface area (Å²) in [6, 6.07) is 14.4. The third-order valence-corrected chi connectivity index (χ3v) is 5.69. The monoisotopic (exact) mass is 330 g/mol. The number of thiophene rings is 2. The molecule has 0 saturated heterocycles. The van der Waals surface area contributed by atoms with Gasteiger partial charge in [0.25, 0.3) is 5.91 Å². The van der Waals surface area contributed by atoms with E-state index in [0.29, 0.717) is 6.54 Å². The van der Waals surface area contributed by atoms with Gasteiger partial charge >= 0.3 is 0 Å². The van der Waals surface area contributed by atoms with E-state index in [9.17, 15) is 4.79 Å². The van der Waals surface area contributed by atoms with Gasteiger partial charge in [-0.2, -0.15) is 0 Å². The Morgan fingerprint density at radius 1 is 1.23 bits per heavy atom. The van der Waals surface area contributed by atoms with Crippen molar-refractivity contribution in [2.75, 3.05) is 20.6 Å². The molecule has 22 heavy (non-hydrogen) atoms. The molecule has 1 amide bonds. The molecule has 0 aliphatic heterocycles. The largest absolute Gasteiger partial charge is 0.349 e. The van der Waals surface area contributed by atoms with E-state index < -0.39 is 0 Å². The maximum absolute atomic E-state index is 12.4. The second kappa shape index (κ2) is 6.60. The summed E-state index contributed by atoms with van der Waals surface area (Å²) >= 11 is 3.26. The molecule has 3 rings (SSSR count). The van der Waals surface area contributed by atoms with E-state index in [4.69, 9.17) is 0 Å². The van der Waals surface area contributed by atoms with E-state index >= 15 is 0 Å². The van der Waals surface area contributed by atoms with Gasteiger partial charge in [0, 0.05) is 16.1 Å². The Labute approximate surface area is 138 Å². The third kappa shape index (κ3) is 3.21. The highest BCUT2D eigenvalue weighted by Crippen LogP contribution is 2.26. The minimum absolute atomic E-state index is 0.00426. The summed E-state index contributed by atoms with van der Waals surface area (Å²) in [4.78, 5) is 16.6. The molecule has 1 aromatic carbocycles. The van der Waals surface area contributed by atoms with Gasteiger partial charge in [-0.1, -0.05) is 24.3 Å². The number of carbonyl (C=O) groups is 1. The fourth-order valence-corrected chi connectivity index (χ4v) is 4.29. The van der Waals surface area contributed by atoms with Gasteiger partial charge in [0.1, 0.15) is 0 Å². The second-order valence-corrected chi connectivity index (χ2v) is 7.42. The summed E-state index contributed by atoms with van der Waals surface area (Å²) in [5, 5.41) is 6.26. The first-order valence-electron chi connectivity index (χ1n) is 7.12. The minimum Gasteiger partial charge on any atom is -0.349 e. The van der Waals surface area contributed by atoms with Crippen LogP contribution in [0.1, 0.15) is 20.6 Å². The first-order chi connectivity index (χ1) is 10.6. The number of fused-ring (bicyclic) bond motifs is 1. The number of nitrogens with one attached hydrogen (secondary N) is 1. The number of hydrogen-bond acceptors (Lipinski definition) is 4. The summed E-state index contributed by atoms with van der Waals surface area (Å²) in [5.74, 6) is 0.00426. The number of rotatable bonds is 5. The Balaban J connectivity index is 1.71. The first-order valence-corrected chi connectivity index (χ1v) is 8.81. The van der Waals surface area contributed by atoms with E-state index in [-0.39, 0.29) is 11.9 Å². The molecule has 0 saturated carbocycles. The van der Waals surface area contributed by atoms with Crippen molar-refractivity contribution in [3.63, 3.8) is 0 Å². The van der Waals surface area contributed by atoms with Crippen molar-refractivity contribution < 1.29 is 4.79 Å². The summed E-state index contributed by atoms with van der Waals surface area (Å²) < 4.78 is 1.15. The van der Waals surface area contributed by atoms with E-state index in [1.165, 1.54) is 16.2 Å². The van der Waals surface area contributed by atoms with Crippen LogP contribution in [-0.2, 0) is 0 Å². The highest BCUT2D eigenvalue weighted by molar-refractivity contribution is 7.20. The maximum Gasteiger partial charge on any atom is 0.261 e. The molecule has 0 spiro atoms. The standard InChI is InChI=1S/C17H18N2OS2/c1-19(2)13(15-8-5-9-21-15)11-18-17(20)16-10-12-6-3-4-7-14(12)22-16/h3-10,13H,11H2,1-2H3,(H,18,20). The van der Waals surface area contributed by atoms with Crippen LogP contribution in [0, 0.1) is 0 Å². The number of carbonyl (C=O) groups excluding carboxylic acids is 1. The molecule has 0 radical (unpaired) electrons. The van der Waals surface area contributed by atoms with Gasteiger partial charge in [0.15, 0.2) is 0 Å². The smallest absolute Gasteiger partial charge is 0.261 e. The number of amides is 1. The molecule has 3 nitrogen and oxygen atoms in total. The van der Waals surface area contributed by atoms with Gasteiger partial charge in [0.2, 0.25) is 0 Å². The van der Waals surface area contributed by atoms with Crippen LogP contribution in [0.5, 0.6) is 0 Å². The van der Waals surface area contributed by atoms with E-state index in [1.807, 2.05) is 50.5 Å². The van der Waals surface area contributed by atoms with Crippen molar-refractivity contribution in [2.45, 2.75) is 6.04 Å². The third-order valence-electron chi connectivity index (χ3n) is 3.60. The van der Waals surface area contributed by atoms with E-state index in [2.05, 4.69) is 21.7 Å². The van der Waals surface area contributed by atoms with Gasteiger partial charge in [-0.25, -0.2) is 0 Å². The summed E-state index contributed by atoms with van der Waals surface area (Å²) in [6.45, 7) is 0.612. The van der Waals surface area contributed by atoms with Crippen LogP contribution in [0.3, 0.4) is 0 Å². The van der Waals surface area contributed by atoms with Crippen molar-refractivity contribution in [3.05, 3.63) is 57.6 Å². The zero-order valence-electron chi connectivity index (χ0n) is 12.6. The lowest BCUT2D eigenvalue weighted by Gasteiger charge is -2.23. The van der Waals surface area contributed by atoms with Crippen molar-refractivity contribution in [3.8, 4) is 0 Å². The molecule has 5 heteroatoms. The zero-order chi connectivity index (χ0) is 15.5. The van der Waals surface area contributed by atoms with Crippen LogP contribution < -0.4 is 5.32 Å². The predicted molar refractivity (Wildman–Crippen MR) is 94.9 cm³/mol. The van der Waals surface area contributed by atoms with Crippen molar-refractivity contribution in [1.29, 1.82) is 0 Å². The fourth-order valence-electron chi connectivity index (χ4n) is 2.39.